The van der Waals surface area contributed by atoms with Gasteiger partial charge in [0.25, 0.3) is 0 Å². The average molecular weight is 180 g/mol. The highest BCUT2D eigenvalue weighted by molar-refractivity contribution is 5.34. The Balaban J connectivity index is 2.05. The molecule has 0 aromatic carbocycles. The van der Waals surface area contributed by atoms with Crippen molar-refractivity contribution in [3.8, 4) is 0 Å². The van der Waals surface area contributed by atoms with E-state index in [2.05, 4.69) is 17.1 Å². The van der Waals surface area contributed by atoms with E-state index in [9.17, 15) is 0 Å². The van der Waals surface area contributed by atoms with Gasteiger partial charge in [-0.15, -0.1) is 0 Å². The SMILES string of the molecule is CC1CN(c2ccco2)CCCN1. The molecule has 1 saturated heterocycles. The van der Waals surface area contributed by atoms with Crippen molar-refractivity contribution in [2.24, 2.45) is 0 Å². The number of anilines is 1. The van der Waals surface area contributed by atoms with E-state index in [1.54, 1.807) is 6.26 Å². The second-order valence-corrected chi connectivity index (χ2v) is 3.61. The van der Waals surface area contributed by atoms with Gasteiger partial charge in [-0.25, -0.2) is 0 Å². The molecule has 3 heteroatoms. The Morgan fingerprint density at radius 2 is 2.54 bits per heavy atom. The van der Waals surface area contributed by atoms with Crippen LogP contribution in [0.25, 0.3) is 0 Å². The minimum Gasteiger partial charge on any atom is -0.449 e. The Bertz CT molecular complexity index is 245. The second-order valence-electron chi connectivity index (χ2n) is 3.61. The van der Waals surface area contributed by atoms with Crippen molar-refractivity contribution in [1.29, 1.82) is 0 Å². The highest BCUT2D eigenvalue weighted by Crippen LogP contribution is 2.16. The van der Waals surface area contributed by atoms with Gasteiger partial charge in [0.2, 0.25) is 0 Å². The number of hydrogen-bond donors (Lipinski definition) is 1. The molecule has 0 radical (unpaired) electrons. The lowest BCUT2D eigenvalue weighted by Crippen LogP contribution is -2.35. The number of furan rings is 1. The summed E-state index contributed by atoms with van der Waals surface area (Å²) in [7, 11) is 0. The van der Waals surface area contributed by atoms with Crippen LogP contribution in [0.5, 0.6) is 0 Å². The number of rotatable bonds is 1. The van der Waals surface area contributed by atoms with Crippen molar-refractivity contribution in [3.63, 3.8) is 0 Å². The first-order valence-electron chi connectivity index (χ1n) is 4.88. The molecule has 1 unspecified atom stereocenters. The highest BCUT2D eigenvalue weighted by Gasteiger charge is 2.15. The van der Waals surface area contributed by atoms with E-state index in [1.165, 1.54) is 6.42 Å². The third kappa shape index (κ3) is 2.04. The molecule has 0 saturated carbocycles. The Morgan fingerprint density at radius 1 is 1.62 bits per heavy atom. The lowest BCUT2D eigenvalue weighted by molar-refractivity contribution is 0.530. The second kappa shape index (κ2) is 3.83. The van der Waals surface area contributed by atoms with Gasteiger partial charge in [-0.2, -0.15) is 0 Å². The largest absolute Gasteiger partial charge is 0.449 e. The zero-order chi connectivity index (χ0) is 9.10. The molecule has 1 atom stereocenters. The standard InChI is InChI=1S/C10H16N2O/c1-9-8-12(6-3-5-11-9)10-4-2-7-13-10/h2,4,7,9,11H,3,5-6,8H2,1H3. The zero-order valence-corrected chi connectivity index (χ0v) is 7.99. The normalized spacial score (nSPS) is 24.4. The third-order valence-corrected chi connectivity index (χ3v) is 2.41. The molecule has 1 aromatic heterocycles. The summed E-state index contributed by atoms with van der Waals surface area (Å²) in [5, 5.41) is 3.45. The molecule has 0 spiro atoms. The van der Waals surface area contributed by atoms with Gasteiger partial charge < -0.3 is 14.6 Å². The Hall–Kier alpha value is -0.960. The van der Waals surface area contributed by atoms with Crippen LogP contribution in [0.3, 0.4) is 0 Å². The number of nitrogens with one attached hydrogen (secondary N) is 1. The van der Waals surface area contributed by atoms with E-state index in [-0.39, 0.29) is 0 Å². The first-order valence-corrected chi connectivity index (χ1v) is 4.88. The van der Waals surface area contributed by atoms with Crippen molar-refractivity contribution >= 4 is 5.88 Å². The van der Waals surface area contributed by atoms with Crippen molar-refractivity contribution < 1.29 is 4.42 Å². The molecule has 1 fully saturated rings. The Kier molecular flexibility index (Phi) is 2.54. The van der Waals surface area contributed by atoms with Crippen molar-refractivity contribution in [2.45, 2.75) is 19.4 Å². The molecule has 72 valence electrons. The van der Waals surface area contributed by atoms with Gasteiger partial charge in [0.15, 0.2) is 5.88 Å². The van der Waals surface area contributed by atoms with Crippen LogP contribution in [0.4, 0.5) is 5.88 Å². The first-order chi connectivity index (χ1) is 6.36. The maximum Gasteiger partial charge on any atom is 0.195 e. The summed E-state index contributed by atoms with van der Waals surface area (Å²) in [4.78, 5) is 2.30. The highest BCUT2D eigenvalue weighted by atomic mass is 16.3. The van der Waals surface area contributed by atoms with Gasteiger partial charge >= 0.3 is 0 Å². The van der Waals surface area contributed by atoms with E-state index in [4.69, 9.17) is 4.42 Å². The average Bonchev–Trinajstić information content (AvgIpc) is 2.56. The van der Waals surface area contributed by atoms with E-state index < -0.39 is 0 Å². The van der Waals surface area contributed by atoms with Crippen LogP contribution in [-0.4, -0.2) is 25.7 Å². The lowest BCUT2D eigenvalue weighted by atomic mass is 10.3. The molecule has 1 aromatic rings. The molecule has 0 amide bonds. The number of nitrogens with zero attached hydrogens (tertiary/aromatic N) is 1. The topological polar surface area (TPSA) is 28.4 Å². The van der Waals surface area contributed by atoms with Crippen molar-refractivity contribution in [2.75, 3.05) is 24.5 Å². The van der Waals surface area contributed by atoms with Gasteiger partial charge in [-0.3, -0.25) is 0 Å². The van der Waals surface area contributed by atoms with Gasteiger partial charge in [-0.1, -0.05) is 0 Å². The Labute approximate surface area is 78.7 Å². The molecule has 2 rings (SSSR count). The van der Waals surface area contributed by atoms with Crippen molar-refractivity contribution in [3.05, 3.63) is 18.4 Å². The van der Waals surface area contributed by atoms with E-state index >= 15 is 0 Å². The molecule has 1 aliphatic rings. The summed E-state index contributed by atoms with van der Waals surface area (Å²) < 4.78 is 5.38. The molecule has 0 bridgehead atoms. The minimum absolute atomic E-state index is 0.549. The predicted molar refractivity (Wildman–Crippen MR) is 53.0 cm³/mol. The van der Waals surface area contributed by atoms with Gasteiger partial charge in [0.1, 0.15) is 0 Å². The molecular weight excluding hydrogens is 164 g/mol. The summed E-state index contributed by atoms with van der Waals surface area (Å²) >= 11 is 0. The van der Waals surface area contributed by atoms with Gasteiger partial charge in [-0.05, 0) is 26.0 Å². The summed E-state index contributed by atoms with van der Waals surface area (Å²) in [5.41, 5.74) is 0. The van der Waals surface area contributed by atoms with Crippen LogP contribution in [0.1, 0.15) is 13.3 Å². The molecule has 2 heterocycles. The number of hydrogen-bond acceptors (Lipinski definition) is 3. The Morgan fingerprint density at radius 3 is 3.31 bits per heavy atom. The van der Waals surface area contributed by atoms with Gasteiger partial charge in [0.05, 0.1) is 6.26 Å². The van der Waals surface area contributed by atoms with E-state index in [1.807, 2.05) is 12.1 Å². The van der Waals surface area contributed by atoms with E-state index in [0.29, 0.717) is 6.04 Å². The van der Waals surface area contributed by atoms with Crippen LogP contribution in [-0.2, 0) is 0 Å². The summed E-state index contributed by atoms with van der Waals surface area (Å²) in [6, 6.07) is 4.52. The fourth-order valence-corrected chi connectivity index (χ4v) is 1.75. The van der Waals surface area contributed by atoms with Crippen LogP contribution >= 0.6 is 0 Å². The van der Waals surface area contributed by atoms with Crippen molar-refractivity contribution in [1.82, 2.24) is 5.32 Å². The molecule has 13 heavy (non-hydrogen) atoms. The molecule has 3 nitrogen and oxygen atoms in total. The minimum atomic E-state index is 0.549. The maximum atomic E-state index is 5.38. The van der Waals surface area contributed by atoms with Crippen LogP contribution in [0.2, 0.25) is 0 Å². The quantitative estimate of drug-likeness (QED) is 0.709. The molecule has 1 aliphatic heterocycles. The zero-order valence-electron chi connectivity index (χ0n) is 7.99. The van der Waals surface area contributed by atoms with Crippen LogP contribution in [0, 0.1) is 0 Å². The summed E-state index contributed by atoms with van der Waals surface area (Å²) in [5.74, 6) is 0.996. The van der Waals surface area contributed by atoms with Crippen LogP contribution < -0.4 is 10.2 Å². The lowest BCUT2D eigenvalue weighted by Gasteiger charge is -2.21. The first kappa shape index (κ1) is 8.63. The van der Waals surface area contributed by atoms with Gasteiger partial charge in [0, 0.05) is 25.2 Å². The smallest absolute Gasteiger partial charge is 0.195 e. The fraction of sp³-hybridized carbons (Fsp3) is 0.600. The molecular formula is C10H16N2O. The maximum absolute atomic E-state index is 5.38. The fourth-order valence-electron chi connectivity index (χ4n) is 1.75. The summed E-state index contributed by atoms with van der Waals surface area (Å²) in [6.07, 6.45) is 2.92. The van der Waals surface area contributed by atoms with E-state index in [0.717, 1.165) is 25.5 Å². The third-order valence-electron chi connectivity index (χ3n) is 2.41. The monoisotopic (exact) mass is 180 g/mol. The molecule has 0 aliphatic carbocycles. The summed E-state index contributed by atoms with van der Waals surface area (Å²) in [6.45, 7) is 5.44. The van der Waals surface area contributed by atoms with Crippen LogP contribution in [0.15, 0.2) is 22.8 Å². The molecule has 1 N–H and O–H groups in total. The predicted octanol–water partition coefficient (Wildman–Crippen LogP) is 1.47.